The molecule has 0 saturated heterocycles. The van der Waals surface area contributed by atoms with Crippen molar-refractivity contribution in [2.45, 2.75) is 6.92 Å². The molecule has 0 aliphatic rings. The van der Waals surface area contributed by atoms with Crippen LogP contribution in [0, 0.1) is 11.8 Å². The Labute approximate surface area is 124 Å². The number of nitrogens with one attached hydrogen (secondary N) is 1. The van der Waals surface area contributed by atoms with Crippen LogP contribution >= 0.6 is 23.6 Å². The second-order valence-electron chi connectivity index (χ2n) is 4.08. The number of H-pyrrole nitrogens is 1. The van der Waals surface area contributed by atoms with E-state index in [2.05, 4.69) is 15.2 Å². The quantitative estimate of drug-likeness (QED) is 0.745. The van der Waals surface area contributed by atoms with Crippen molar-refractivity contribution in [1.82, 2.24) is 15.2 Å². The molecule has 0 fully saturated rings. The summed E-state index contributed by atoms with van der Waals surface area (Å²) >= 11 is 6.40. The average molecular weight is 305 g/mol. The standard InChI is InChI=1S/C13H11N3O2S2/c1-7-10(11-15-16-13(19)18-11)20-12(14-7)8-4-3-5-9(6-8)17-2/h3-6H,1-2H3,(H,16,19). The van der Waals surface area contributed by atoms with Crippen LogP contribution < -0.4 is 4.74 Å². The number of ether oxygens (including phenoxy) is 1. The molecule has 20 heavy (non-hydrogen) atoms. The summed E-state index contributed by atoms with van der Waals surface area (Å²) in [6.07, 6.45) is 0. The Kier molecular flexibility index (Phi) is 3.37. The van der Waals surface area contributed by atoms with Gasteiger partial charge in [-0.3, -0.25) is 0 Å². The van der Waals surface area contributed by atoms with Crippen LogP contribution in [0.1, 0.15) is 5.69 Å². The molecule has 0 spiro atoms. The third-order valence-corrected chi connectivity index (χ3v) is 4.11. The minimum Gasteiger partial charge on any atom is -0.497 e. The fourth-order valence-electron chi connectivity index (χ4n) is 1.80. The summed E-state index contributed by atoms with van der Waals surface area (Å²) in [5.41, 5.74) is 1.86. The van der Waals surface area contributed by atoms with Crippen molar-refractivity contribution in [3.05, 3.63) is 34.8 Å². The first-order valence-electron chi connectivity index (χ1n) is 5.85. The summed E-state index contributed by atoms with van der Waals surface area (Å²) in [5, 5.41) is 7.55. The molecular weight excluding hydrogens is 294 g/mol. The molecule has 3 rings (SSSR count). The number of nitrogens with zero attached hydrogens (tertiary/aromatic N) is 2. The van der Waals surface area contributed by atoms with Gasteiger partial charge in [0.2, 0.25) is 0 Å². The number of aromatic amines is 1. The topological polar surface area (TPSA) is 63.9 Å². The van der Waals surface area contributed by atoms with Gasteiger partial charge in [0.1, 0.15) is 15.6 Å². The van der Waals surface area contributed by atoms with Gasteiger partial charge in [0.15, 0.2) is 0 Å². The lowest BCUT2D eigenvalue weighted by atomic mass is 10.2. The van der Waals surface area contributed by atoms with E-state index in [1.807, 2.05) is 31.2 Å². The van der Waals surface area contributed by atoms with Crippen LogP contribution in [0.3, 0.4) is 0 Å². The van der Waals surface area contributed by atoms with E-state index in [0.717, 1.165) is 26.9 Å². The predicted octanol–water partition coefficient (Wildman–Crippen LogP) is 3.84. The molecule has 3 aromatic rings. The third kappa shape index (κ3) is 2.37. The second-order valence-corrected chi connectivity index (χ2v) is 5.45. The summed E-state index contributed by atoms with van der Waals surface area (Å²) in [6, 6.07) is 7.77. The maximum Gasteiger partial charge on any atom is 0.284 e. The molecule has 0 atom stereocenters. The summed E-state index contributed by atoms with van der Waals surface area (Å²) in [7, 11) is 1.64. The zero-order chi connectivity index (χ0) is 14.1. The van der Waals surface area contributed by atoms with E-state index in [4.69, 9.17) is 21.4 Å². The molecule has 0 radical (unpaired) electrons. The van der Waals surface area contributed by atoms with E-state index in [0.29, 0.717) is 5.89 Å². The van der Waals surface area contributed by atoms with E-state index in [-0.39, 0.29) is 4.84 Å². The Morgan fingerprint density at radius 2 is 2.25 bits per heavy atom. The number of hydrogen-bond acceptors (Lipinski definition) is 6. The van der Waals surface area contributed by atoms with Gasteiger partial charge in [-0.25, -0.2) is 10.1 Å². The molecule has 1 aromatic carbocycles. The lowest BCUT2D eigenvalue weighted by Gasteiger charge is -2.00. The van der Waals surface area contributed by atoms with Crippen LogP contribution in [0.4, 0.5) is 0 Å². The van der Waals surface area contributed by atoms with Crippen LogP contribution in [-0.4, -0.2) is 22.3 Å². The number of hydrogen-bond donors (Lipinski definition) is 1. The van der Waals surface area contributed by atoms with E-state index in [9.17, 15) is 0 Å². The number of aromatic nitrogens is 3. The summed E-state index contributed by atoms with van der Waals surface area (Å²) in [4.78, 5) is 5.69. The largest absolute Gasteiger partial charge is 0.497 e. The van der Waals surface area contributed by atoms with Crippen LogP contribution in [0.2, 0.25) is 0 Å². The van der Waals surface area contributed by atoms with Crippen molar-refractivity contribution >= 4 is 23.6 Å². The number of aryl methyl sites for hydroxylation is 1. The van der Waals surface area contributed by atoms with Crippen molar-refractivity contribution in [1.29, 1.82) is 0 Å². The Morgan fingerprint density at radius 1 is 1.40 bits per heavy atom. The Hall–Kier alpha value is -1.99. The molecule has 5 nitrogen and oxygen atoms in total. The number of rotatable bonds is 3. The number of thiazole rings is 1. The summed E-state index contributed by atoms with van der Waals surface area (Å²) < 4.78 is 10.6. The zero-order valence-electron chi connectivity index (χ0n) is 10.8. The highest BCUT2D eigenvalue weighted by atomic mass is 32.1. The molecule has 7 heteroatoms. The van der Waals surface area contributed by atoms with Crippen LogP contribution in [0.5, 0.6) is 5.75 Å². The second kappa shape index (κ2) is 5.18. The highest BCUT2D eigenvalue weighted by Gasteiger charge is 2.15. The minimum absolute atomic E-state index is 0.260. The first-order valence-corrected chi connectivity index (χ1v) is 7.07. The van der Waals surface area contributed by atoms with Crippen LogP contribution in [0.15, 0.2) is 28.7 Å². The van der Waals surface area contributed by atoms with Crippen molar-refractivity contribution in [2.75, 3.05) is 7.11 Å². The van der Waals surface area contributed by atoms with Gasteiger partial charge in [0, 0.05) is 5.56 Å². The van der Waals surface area contributed by atoms with Crippen molar-refractivity contribution in [2.24, 2.45) is 0 Å². The van der Waals surface area contributed by atoms with E-state index >= 15 is 0 Å². The number of benzene rings is 1. The molecule has 0 aliphatic heterocycles. The lowest BCUT2D eigenvalue weighted by Crippen LogP contribution is -1.83. The molecule has 1 N–H and O–H groups in total. The molecule has 2 heterocycles. The highest BCUT2D eigenvalue weighted by molar-refractivity contribution is 7.71. The molecular formula is C13H11N3O2S2. The Morgan fingerprint density at radius 3 is 2.95 bits per heavy atom. The van der Waals surface area contributed by atoms with Gasteiger partial charge in [0.05, 0.1) is 12.8 Å². The molecule has 102 valence electrons. The van der Waals surface area contributed by atoms with Gasteiger partial charge in [-0.1, -0.05) is 12.1 Å². The minimum atomic E-state index is 0.260. The van der Waals surface area contributed by atoms with Crippen molar-refractivity contribution in [3.8, 4) is 27.1 Å². The molecule has 0 amide bonds. The molecule has 0 bridgehead atoms. The Balaban J connectivity index is 2.06. The van der Waals surface area contributed by atoms with Gasteiger partial charge < -0.3 is 9.15 Å². The predicted molar refractivity (Wildman–Crippen MR) is 79.5 cm³/mol. The SMILES string of the molecule is COc1cccc(-c2nc(C)c(-c3n[nH]c(=S)o3)s2)c1. The van der Waals surface area contributed by atoms with E-state index in [1.54, 1.807) is 7.11 Å². The average Bonchev–Trinajstić information content (AvgIpc) is 3.05. The summed E-state index contributed by atoms with van der Waals surface area (Å²) in [6.45, 7) is 1.92. The van der Waals surface area contributed by atoms with Gasteiger partial charge in [-0.15, -0.1) is 16.4 Å². The summed E-state index contributed by atoms with van der Waals surface area (Å²) in [5.74, 6) is 1.27. The van der Waals surface area contributed by atoms with Gasteiger partial charge in [-0.2, -0.15) is 0 Å². The van der Waals surface area contributed by atoms with E-state index in [1.165, 1.54) is 11.3 Å². The van der Waals surface area contributed by atoms with Crippen molar-refractivity contribution < 1.29 is 9.15 Å². The maximum atomic E-state index is 5.34. The van der Waals surface area contributed by atoms with Gasteiger partial charge in [-0.05, 0) is 31.3 Å². The fraction of sp³-hybridized carbons (Fsp3) is 0.154. The van der Waals surface area contributed by atoms with Crippen molar-refractivity contribution in [3.63, 3.8) is 0 Å². The Bertz CT molecular complexity index is 804. The fourth-order valence-corrected chi connectivity index (χ4v) is 2.91. The smallest absolute Gasteiger partial charge is 0.284 e. The normalized spacial score (nSPS) is 10.7. The van der Waals surface area contributed by atoms with Crippen LogP contribution in [0.25, 0.3) is 21.3 Å². The zero-order valence-corrected chi connectivity index (χ0v) is 12.5. The molecule has 0 saturated carbocycles. The number of methoxy groups -OCH3 is 1. The van der Waals surface area contributed by atoms with Crippen LogP contribution in [-0.2, 0) is 0 Å². The maximum absolute atomic E-state index is 5.34. The molecule has 2 aromatic heterocycles. The van der Waals surface area contributed by atoms with Gasteiger partial charge in [0.25, 0.3) is 10.7 Å². The first kappa shape index (κ1) is 13.0. The first-order chi connectivity index (χ1) is 9.67. The highest BCUT2D eigenvalue weighted by Crippen LogP contribution is 2.35. The monoisotopic (exact) mass is 305 g/mol. The van der Waals surface area contributed by atoms with E-state index < -0.39 is 0 Å². The van der Waals surface area contributed by atoms with Gasteiger partial charge >= 0.3 is 0 Å². The molecule has 0 unspecified atom stereocenters. The third-order valence-electron chi connectivity index (χ3n) is 2.75. The lowest BCUT2D eigenvalue weighted by molar-refractivity contribution is 0.415. The molecule has 0 aliphatic carbocycles.